The summed E-state index contributed by atoms with van der Waals surface area (Å²) in [5, 5.41) is 9.48. The lowest BCUT2D eigenvalue weighted by molar-refractivity contribution is -0.154. The summed E-state index contributed by atoms with van der Waals surface area (Å²) in [4.78, 5) is 46.8. The average molecular weight is 522 g/mol. The van der Waals surface area contributed by atoms with Gasteiger partial charge in [0.1, 0.15) is 6.04 Å². The smallest absolute Gasteiger partial charge is 0.310 e. The zero-order valence-corrected chi connectivity index (χ0v) is 21.8. The van der Waals surface area contributed by atoms with Crippen LogP contribution in [0, 0.1) is 11.8 Å². The van der Waals surface area contributed by atoms with Crippen LogP contribution in [-0.2, 0) is 23.9 Å². The molecule has 0 saturated carbocycles. The Morgan fingerprint density at radius 2 is 2.03 bits per heavy atom. The number of aliphatic hydroxyl groups excluding tert-OH is 1. The molecule has 10 heteroatoms. The zero-order valence-electron chi connectivity index (χ0n) is 21.0. The first-order chi connectivity index (χ1) is 17.5. The van der Waals surface area contributed by atoms with E-state index in [1.807, 2.05) is 0 Å². The number of morpholine rings is 1. The van der Waals surface area contributed by atoms with E-state index >= 15 is 0 Å². The minimum absolute atomic E-state index is 0.0216. The molecule has 2 unspecified atom stereocenters. The van der Waals surface area contributed by atoms with Crippen molar-refractivity contribution in [2.45, 2.75) is 41.7 Å². The zero-order chi connectivity index (χ0) is 25.7. The highest BCUT2D eigenvalue weighted by molar-refractivity contribution is 8.02. The molecule has 200 valence electrons. The molecule has 4 rings (SSSR count). The predicted octanol–water partition coefficient (Wildman–Crippen LogP) is 0.926. The molecule has 4 heterocycles. The van der Waals surface area contributed by atoms with Gasteiger partial charge in [-0.25, -0.2) is 0 Å². The summed E-state index contributed by atoms with van der Waals surface area (Å²) in [6.07, 6.45) is 5.86. The number of hydrogen-bond donors (Lipinski definition) is 1. The maximum Gasteiger partial charge on any atom is 0.310 e. The lowest BCUT2D eigenvalue weighted by Gasteiger charge is -2.38. The largest absolute Gasteiger partial charge is 0.465 e. The monoisotopic (exact) mass is 521 g/mol. The van der Waals surface area contributed by atoms with E-state index in [4.69, 9.17) is 9.47 Å². The van der Waals surface area contributed by atoms with Gasteiger partial charge >= 0.3 is 5.97 Å². The fourth-order valence-corrected chi connectivity index (χ4v) is 8.43. The van der Waals surface area contributed by atoms with Crippen LogP contribution >= 0.6 is 11.8 Å². The predicted molar refractivity (Wildman–Crippen MR) is 137 cm³/mol. The first-order valence-corrected chi connectivity index (χ1v) is 13.9. The third-order valence-corrected chi connectivity index (χ3v) is 9.83. The van der Waals surface area contributed by atoms with Crippen LogP contribution in [0.4, 0.5) is 0 Å². The Bertz CT molecular complexity index is 850. The van der Waals surface area contributed by atoms with Gasteiger partial charge in [0.05, 0.1) is 36.4 Å². The summed E-state index contributed by atoms with van der Waals surface area (Å²) in [6.45, 7) is 12.7. The van der Waals surface area contributed by atoms with Crippen LogP contribution in [0.15, 0.2) is 25.3 Å². The molecule has 9 nitrogen and oxygen atoms in total. The fourth-order valence-electron chi connectivity index (χ4n) is 6.23. The molecule has 0 radical (unpaired) electrons. The number of hydrogen-bond acceptors (Lipinski definition) is 8. The van der Waals surface area contributed by atoms with E-state index in [9.17, 15) is 19.5 Å². The standard InChI is InChI=1S/C26H39N3O6S/c1-3-5-16-35-25(33)20-19-7-8-26(36-19)21(20)23(31)29(10-6-15-30)22(26)24(32)28(9-4-2)12-11-27-13-17-34-18-14-27/h3-4,19-22,30H,1-2,5-18H2/t19-,20+,21-,22?,26?/m0/s1. The van der Waals surface area contributed by atoms with E-state index in [0.29, 0.717) is 52.1 Å². The van der Waals surface area contributed by atoms with E-state index in [1.165, 1.54) is 0 Å². The van der Waals surface area contributed by atoms with Crippen LogP contribution in [0.3, 0.4) is 0 Å². The number of esters is 1. The topological polar surface area (TPSA) is 99.6 Å². The molecule has 0 aromatic rings. The number of fused-ring (bicyclic) bond motifs is 1. The molecule has 2 amide bonds. The van der Waals surface area contributed by atoms with Crippen molar-refractivity contribution in [3.05, 3.63) is 25.3 Å². The molecule has 5 atom stereocenters. The maximum atomic E-state index is 14.2. The SMILES string of the molecule is C=CCCOC(=O)[C@@H]1[C@@H]2CCC3(S2)C(C(=O)N(CC=C)CCN2CCOCC2)N(CCCO)C(=O)[C@H]13. The highest BCUT2D eigenvalue weighted by Gasteiger charge is 2.74. The van der Waals surface area contributed by atoms with Crippen molar-refractivity contribution in [2.24, 2.45) is 11.8 Å². The first kappa shape index (κ1) is 27.2. The second kappa shape index (κ2) is 12.1. The van der Waals surface area contributed by atoms with Crippen molar-refractivity contribution in [1.29, 1.82) is 0 Å². The number of thioether (sulfide) groups is 1. The van der Waals surface area contributed by atoms with E-state index in [1.54, 1.807) is 33.7 Å². The van der Waals surface area contributed by atoms with Gasteiger partial charge in [-0.15, -0.1) is 24.9 Å². The lowest BCUT2D eigenvalue weighted by atomic mass is 9.71. The summed E-state index contributed by atoms with van der Waals surface area (Å²) in [6, 6.07) is -0.660. The molecule has 1 N–H and O–H groups in total. The minimum Gasteiger partial charge on any atom is -0.465 e. The quantitative estimate of drug-likeness (QED) is 0.217. The Hall–Kier alpha value is -1.88. The average Bonchev–Trinajstić information content (AvgIpc) is 3.53. The second-order valence-corrected chi connectivity index (χ2v) is 11.5. The Balaban J connectivity index is 1.58. The van der Waals surface area contributed by atoms with E-state index < -0.39 is 22.6 Å². The van der Waals surface area contributed by atoms with E-state index in [0.717, 1.165) is 26.1 Å². The third kappa shape index (κ3) is 5.10. The van der Waals surface area contributed by atoms with Crippen LogP contribution in [-0.4, -0.2) is 119 Å². The number of amides is 2. The van der Waals surface area contributed by atoms with Crippen molar-refractivity contribution < 1.29 is 29.0 Å². The number of ether oxygens (including phenoxy) is 2. The normalized spacial score (nSPS) is 31.4. The van der Waals surface area contributed by atoms with Crippen molar-refractivity contribution in [1.82, 2.24) is 14.7 Å². The molecule has 0 aliphatic carbocycles. The van der Waals surface area contributed by atoms with Crippen LogP contribution in [0.1, 0.15) is 25.7 Å². The summed E-state index contributed by atoms with van der Waals surface area (Å²) < 4.78 is 10.3. The molecular formula is C26H39N3O6S. The number of carbonyl (C=O) groups excluding carboxylic acids is 3. The fraction of sp³-hybridized carbons (Fsp3) is 0.731. The highest BCUT2D eigenvalue weighted by atomic mass is 32.2. The molecule has 36 heavy (non-hydrogen) atoms. The Kier molecular flexibility index (Phi) is 9.14. The van der Waals surface area contributed by atoms with Gasteiger partial charge in [-0.1, -0.05) is 12.2 Å². The van der Waals surface area contributed by atoms with Gasteiger partial charge in [0, 0.05) is 51.1 Å². The summed E-state index contributed by atoms with van der Waals surface area (Å²) >= 11 is 1.64. The number of aliphatic hydroxyl groups is 1. The van der Waals surface area contributed by atoms with Gasteiger partial charge in [-0.05, 0) is 25.7 Å². The van der Waals surface area contributed by atoms with Crippen LogP contribution < -0.4 is 0 Å². The number of likely N-dealkylation sites (tertiary alicyclic amines) is 1. The summed E-state index contributed by atoms with van der Waals surface area (Å²) in [5.74, 6) is -1.72. The molecule has 2 bridgehead atoms. The number of nitrogens with zero attached hydrogens (tertiary/aromatic N) is 3. The first-order valence-electron chi connectivity index (χ1n) is 13.0. The number of carbonyl (C=O) groups is 3. The Labute approximate surface area is 217 Å². The van der Waals surface area contributed by atoms with Crippen molar-refractivity contribution >= 4 is 29.5 Å². The van der Waals surface area contributed by atoms with Gasteiger partial charge in [-0.2, -0.15) is 0 Å². The van der Waals surface area contributed by atoms with Crippen LogP contribution in [0.2, 0.25) is 0 Å². The van der Waals surface area contributed by atoms with Gasteiger partial charge < -0.3 is 24.4 Å². The van der Waals surface area contributed by atoms with Gasteiger partial charge in [0.25, 0.3) is 0 Å². The molecular weight excluding hydrogens is 482 g/mol. The highest BCUT2D eigenvalue weighted by Crippen LogP contribution is 2.66. The molecule has 4 aliphatic heterocycles. The van der Waals surface area contributed by atoms with E-state index in [-0.39, 0.29) is 36.2 Å². The summed E-state index contributed by atoms with van der Waals surface area (Å²) in [7, 11) is 0. The third-order valence-electron chi connectivity index (χ3n) is 7.88. The molecule has 4 fully saturated rings. The van der Waals surface area contributed by atoms with Crippen LogP contribution in [0.5, 0.6) is 0 Å². The Morgan fingerprint density at radius 1 is 1.25 bits per heavy atom. The number of rotatable bonds is 13. The molecule has 1 spiro atoms. The van der Waals surface area contributed by atoms with Crippen LogP contribution in [0.25, 0.3) is 0 Å². The second-order valence-electron chi connectivity index (χ2n) is 9.94. The van der Waals surface area contributed by atoms with Gasteiger partial charge in [0.15, 0.2) is 0 Å². The minimum atomic E-state index is -0.660. The van der Waals surface area contributed by atoms with Crippen molar-refractivity contribution in [2.75, 3.05) is 65.7 Å². The lowest BCUT2D eigenvalue weighted by Crippen LogP contribution is -2.56. The molecule has 4 aliphatic rings. The Morgan fingerprint density at radius 3 is 2.72 bits per heavy atom. The molecule has 4 saturated heterocycles. The molecule has 0 aromatic carbocycles. The van der Waals surface area contributed by atoms with Crippen molar-refractivity contribution in [3.63, 3.8) is 0 Å². The summed E-state index contributed by atoms with van der Waals surface area (Å²) in [5.41, 5.74) is 0. The molecule has 0 aromatic heterocycles. The maximum absolute atomic E-state index is 14.2. The van der Waals surface area contributed by atoms with Gasteiger partial charge in [0.2, 0.25) is 11.8 Å². The van der Waals surface area contributed by atoms with E-state index in [2.05, 4.69) is 18.1 Å². The van der Waals surface area contributed by atoms with Gasteiger partial charge in [-0.3, -0.25) is 19.3 Å². The van der Waals surface area contributed by atoms with Crippen molar-refractivity contribution in [3.8, 4) is 0 Å².